The van der Waals surface area contributed by atoms with Gasteiger partial charge in [0.2, 0.25) is 5.91 Å². The quantitative estimate of drug-likeness (QED) is 0.652. The van der Waals surface area contributed by atoms with Crippen molar-refractivity contribution in [1.29, 1.82) is 0 Å². The minimum absolute atomic E-state index is 0.0742. The fourth-order valence-corrected chi connectivity index (χ4v) is 4.94. The number of urea groups is 1. The predicted molar refractivity (Wildman–Crippen MR) is 121 cm³/mol. The Hall–Kier alpha value is -2.65. The average Bonchev–Trinajstić information content (AvgIpc) is 3.01. The molecule has 9 heteroatoms. The van der Waals surface area contributed by atoms with Gasteiger partial charge < -0.3 is 20.3 Å². The van der Waals surface area contributed by atoms with Gasteiger partial charge in [-0.15, -0.1) is 0 Å². The van der Waals surface area contributed by atoms with Crippen molar-refractivity contribution in [3.8, 4) is 0 Å². The summed E-state index contributed by atoms with van der Waals surface area (Å²) in [4.78, 5) is 43.3. The fraction of sp³-hybridized carbons (Fsp3) is 0.609. The summed E-state index contributed by atoms with van der Waals surface area (Å²) < 4.78 is 5.38. The molecule has 3 fully saturated rings. The molecule has 2 N–H and O–H groups in total. The van der Waals surface area contributed by atoms with E-state index in [1.165, 1.54) is 4.90 Å². The van der Waals surface area contributed by atoms with E-state index >= 15 is 0 Å². The molecule has 4 amide bonds. The first-order valence-electron chi connectivity index (χ1n) is 11.4. The topological polar surface area (TPSA) is 94.2 Å². The van der Waals surface area contributed by atoms with E-state index in [-0.39, 0.29) is 37.0 Å². The van der Waals surface area contributed by atoms with Crippen LogP contribution in [0.15, 0.2) is 24.3 Å². The molecule has 32 heavy (non-hydrogen) atoms. The largest absolute Gasteiger partial charge is 0.378 e. The Morgan fingerprint density at radius 3 is 2.62 bits per heavy atom. The average molecular weight is 444 g/mol. The molecule has 1 aromatic rings. The molecule has 1 aromatic carbocycles. The number of ether oxygens (including phenoxy) is 1. The van der Waals surface area contributed by atoms with Crippen LogP contribution in [0.4, 0.5) is 16.2 Å². The molecule has 174 valence electrons. The van der Waals surface area contributed by atoms with Crippen LogP contribution in [0.3, 0.4) is 0 Å². The van der Waals surface area contributed by atoms with Crippen molar-refractivity contribution < 1.29 is 19.1 Å². The number of amides is 4. The molecule has 3 aliphatic rings. The van der Waals surface area contributed by atoms with E-state index < -0.39 is 5.54 Å². The van der Waals surface area contributed by atoms with Gasteiger partial charge >= 0.3 is 6.03 Å². The molecule has 0 aromatic heterocycles. The van der Waals surface area contributed by atoms with Crippen LogP contribution in [0.1, 0.15) is 32.6 Å². The molecular formula is C23H33N5O4. The number of nitrogens with zero attached hydrogens (tertiary/aromatic N) is 3. The number of imide groups is 1. The maximum atomic E-state index is 13.1. The number of morpholine rings is 1. The Morgan fingerprint density at radius 2 is 1.94 bits per heavy atom. The first kappa shape index (κ1) is 22.5. The van der Waals surface area contributed by atoms with Crippen molar-refractivity contribution in [1.82, 2.24) is 15.1 Å². The van der Waals surface area contributed by atoms with Gasteiger partial charge in [-0.05, 0) is 50.1 Å². The van der Waals surface area contributed by atoms with Gasteiger partial charge in [-0.25, -0.2) is 9.69 Å². The van der Waals surface area contributed by atoms with Crippen LogP contribution in [0.25, 0.3) is 0 Å². The minimum atomic E-state index is -0.777. The number of likely N-dealkylation sites (N-methyl/N-ethyl adjacent to an activating group) is 1. The zero-order valence-electron chi connectivity index (χ0n) is 18.9. The second-order valence-corrected chi connectivity index (χ2v) is 9.13. The smallest absolute Gasteiger partial charge is 0.326 e. The maximum absolute atomic E-state index is 13.1. The number of carbonyl (C=O) groups is 3. The van der Waals surface area contributed by atoms with E-state index in [9.17, 15) is 14.4 Å². The Labute approximate surface area is 189 Å². The number of hydrogen-bond acceptors (Lipinski definition) is 6. The van der Waals surface area contributed by atoms with Crippen LogP contribution < -0.4 is 15.5 Å². The Bertz CT molecular complexity index is 854. The lowest BCUT2D eigenvalue weighted by atomic mass is 9.73. The molecule has 0 bridgehead atoms. The standard InChI is InChI=1S/C23H33N5O4/c1-17-5-3-4-10-23(17)21(30)28(22(31)25-23)16-26(2)15-20(29)24-18-6-8-19(9-7-18)27-11-13-32-14-12-27/h6-9,17H,3-5,10-16H2,1-2H3,(H,24,29)(H,25,31)/t17-,23-/m0/s1. The van der Waals surface area contributed by atoms with E-state index in [4.69, 9.17) is 4.74 Å². The minimum Gasteiger partial charge on any atom is -0.378 e. The number of nitrogens with one attached hydrogen (secondary N) is 2. The summed E-state index contributed by atoms with van der Waals surface area (Å²) in [6.07, 6.45) is 3.63. The number of hydrogen-bond donors (Lipinski definition) is 2. The molecule has 0 unspecified atom stereocenters. The van der Waals surface area contributed by atoms with Crippen LogP contribution in [0.2, 0.25) is 0 Å². The summed E-state index contributed by atoms with van der Waals surface area (Å²) >= 11 is 0. The highest BCUT2D eigenvalue weighted by atomic mass is 16.5. The van der Waals surface area contributed by atoms with Crippen LogP contribution in [0.5, 0.6) is 0 Å². The summed E-state index contributed by atoms with van der Waals surface area (Å²) in [5, 5.41) is 5.83. The number of rotatable bonds is 6. The van der Waals surface area contributed by atoms with Crippen LogP contribution in [-0.2, 0) is 14.3 Å². The summed E-state index contributed by atoms with van der Waals surface area (Å²) in [7, 11) is 1.73. The zero-order chi connectivity index (χ0) is 22.7. The highest BCUT2D eigenvalue weighted by Gasteiger charge is 2.54. The van der Waals surface area contributed by atoms with Crippen LogP contribution in [-0.4, -0.2) is 79.7 Å². The van der Waals surface area contributed by atoms with Gasteiger partial charge in [-0.3, -0.25) is 14.5 Å². The third-order valence-corrected chi connectivity index (χ3v) is 6.83. The Balaban J connectivity index is 1.29. The molecule has 1 saturated carbocycles. The highest BCUT2D eigenvalue weighted by molar-refractivity contribution is 6.07. The van der Waals surface area contributed by atoms with Gasteiger partial charge in [-0.2, -0.15) is 0 Å². The molecule has 4 rings (SSSR count). The molecule has 0 radical (unpaired) electrons. The van der Waals surface area contributed by atoms with E-state index in [0.717, 1.165) is 51.3 Å². The summed E-state index contributed by atoms with van der Waals surface area (Å²) in [6.45, 7) is 5.36. The normalized spacial score (nSPS) is 26.0. The lowest BCUT2D eigenvalue weighted by molar-refractivity contribution is -0.136. The number of carbonyl (C=O) groups excluding carboxylic acids is 3. The van der Waals surface area contributed by atoms with Crippen molar-refractivity contribution in [2.75, 3.05) is 56.8 Å². The SMILES string of the molecule is C[C@H]1CCCC[C@]12NC(=O)N(CN(C)CC(=O)Nc1ccc(N3CCOCC3)cc1)C2=O. The van der Waals surface area contributed by atoms with E-state index in [1.54, 1.807) is 11.9 Å². The number of benzene rings is 1. The zero-order valence-corrected chi connectivity index (χ0v) is 18.9. The predicted octanol–water partition coefficient (Wildman–Crippen LogP) is 1.85. The second-order valence-electron chi connectivity index (χ2n) is 9.13. The molecule has 1 aliphatic carbocycles. The van der Waals surface area contributed by atoms with E-state index in [1.807, 2.05) is 31.2 Å². The second kappa shape index (κ2) is 9.46. The molecule has 2 atom stereocenters. The van der Waals surface area contributed by atoms with Gasteiger partial charge in [0.15, 0.2) is 0 Å². The van der Waals surface area contributed by atoms with Gasteiger partial charge in [0.25, 0.3) is 5.91 Å². The molecule has 9 nitrogen and oxygen atoms in total. The van der Waals surface area contributed by atoms with Crippen molar-refractivity contribution >= 4 is 29.2 Å². The van der Waals surface area contributed by atoms with Crippen molar-refractivity contribution in [3.05, 3.63) is 24.3 Å². The van der Waals surface area contributed by atoms with Crippen molar-refractivity contribution in [3.63, 3.8) is 0 Å². The molecular weight excluding hydrogens is 410 g/mol. The molecule has 1 spiro atoms. The molecule has 2 heterocycles. The lowest BCUT2D eigenvalue weighted by Crippen LogP contribution is -2.54. The third kappa shape index (κ3) is 4.59. The maximum Gasteiger partial charge on any atom is 0.326 e. The third-order valence-electron chi connectivity index (χ3n) is 6.83. The van der Waals surface area contributed by atoms with Crippen molar-refractivity contribution in [2.45, 2.75) is 38.1 Å². The Kier molecular flexibility index (Phi) is 6.66. The van der Waals surface area contributed by atoms with E-state index in [0.29, 0.717) is 12.1 Å². The van der Waals surface area contributed by atoms with Gasteiger partial charge in [0.1, 0.15) is 5.54 Å². The lowest BCUT2D eigenvalue weighted by Gasteiger charge is -2.37. The summed E-state index contributed by atoms with van der Waals surface area (Å²) in [5.41, 5.74) is 1.04. The summed E-state index contributed by atoms with van der Waals surface area (Å²) in [6, 6.07) is 7.38. The highest BCUT2D eigenvalue weighted by Crippen LogP contribution is 2.38. The van der Waals surface area contributed by atoms with E-state index in [2.05, 4.69) is 15.5 Å². The first-order chi connectivity index (χ1) is 15.4. The van der Waals surface area contributed by atoms with Crippen LogP contribution in [0, 0.1) is 5.92 Å². The van der Waals surface area contributed by atoms with Gasteiger partial charge in [-0.1, -0.05) is 19.8 Å². The van der Waals surface area contributed by atoms with Crippen LogP contribution >= 0.6 is 0 Å². The number of anilines is 2. The first-order valence-corrected chi connectivity index (χ1v) is 11.4. The Morgan fingerprint density at radius 1 is 1.22 bits per heavy atom. The monoisotopic (exact) mass is 443 g/mol. The van der Waals surface area contributed by atoms with Gasteiger partial charge in [0, 0.05) is 24.5 Å². The van der Waals surface area contributed by atoms with Crippen molar-refractivity contribution in [2.24, 2.45) is 5.92 Å². The molecule has 2 aliphatic heterocycles. The molecule has 2 saturated heterocycles. The van der Waals surface area contributed by atoms with Gasteiger partial charge in [0.05, 0.1) is 26.4 Å². The fourth-order valence-electron chi connectivity index (χ4n) is 4.94. The summed E-state index contributed by atoms with van der Waals surface area (Å²) in [5.74, 6) is -0.244.